The molecule has 0 unspecified atom stereocenters. The highest BCUT2D eigenvalue weighted by atomic mass is 16.4. The minimum atomic E-state index is -0.844. The maximum Gasteiger partial charge on any atom is 0.331 e. The fourth-order valence-corrected chi connectivity index (χ4v) is 0.588. The summed E-state index contributed by atoms with van der Waals surface area (Å²) in [5, 5.41) is 8.56. The predicted molar refractivity (Wildman–Crippen MR) is 45.4 cm³/mol. The lowest BCUT2D eigenvalue weighted by Gasteiger charge is -1.95. The quantitative estimate of drug-likeness (QED) is 0.500. The fourth-order valence-electron chi connectivity index (χ4n) is 0.588. The van der Waals surface area contributed by atoms with Crippen molar-refractivity contribution in [2.45, 2.75) is 27.2 Å². The first-order chi connectivity index (χ1) is 5.09. The monoisotopic (exact) mass is 154 g/mol. The Morgan fingerprint density at radius 2 is 2.00 bits per heavy atom. The van der Waals surface area contributed by atoms with Crippen LogP contribution in [-0.4, -0.2) is 11.1 Å². The minimum absolute atomic E-state index is 0.412. The zero-order chi connectivity index (χ0) is 8.85. The molecule has 2 nitrogen and oxygen atoms in total. The van der Waals surface area contributed by atoms with Crippen molar-refractivity contribution >= 4 is 5.97 Å². The highest BCUT2D eigenvalue weighted by Crippen LogP contribution is 2.04. The molecule has 0 aromatic heterocycles. The van der Waals surface area contributed by atoms with Gasteiger partial charge in [-0.1, -0.05) is 19.1 Å². The summed E-state index contributed by atoms with van der Waals surface area (Å²) in [6.07, 6.45) is 4.72. The molecular weight excluding hydrogens is 140 g/mol. The van der Waals surface area contributed by atoms with Crippen molar-refractivity contribution in [1.29, 1.82) is 0 Å². The third-order valence-corrected chi connectivity index (χ3v) is 1.52. The van der Waals surface area contributed by atoms with E-state index >= 15 is 0 Å². The van der Waals surface area contributed by atoms with E-state index in [-0.39, 0.29) is 0 Å². The molecule has 62 valence electrons. The summed E-state index contributed by atoms with van der Waals surface area (Å²) >= 11 is 0. The van der Waals surface area contributed by atoms with Gasteiger partial charge in [-0.3, -0.25) is 0 Å². The van der Waals surface area contributed by atoms with Crippen molar-refractivity contribution in [1.82, 2.24) is 0 Å². The zero-order valence-corrected chi connectivity index (χ0v) is 7.22. The lowest BCUT2D eigenvalue weighted by Crippen LogP contribution is -1.97. The van der Waals surface area contributed by atoms with E-state index in [9.17, 15) is 4.79 Å². The van der Waals surface area contributed by atoms with Crippen molar-refractivity contribution in [2.24, 2.45) is 0 Å². The molecule has 0 aliphatic carbocycles. The summed E-state index contributed by atoms with van der Waals surface area (Å²) < 4.78 is 0. The number of rotatable bonds is 3. The van der Waals surface area contributed by atoms with Crippen LogP contribution in [-0.2, 0) is 4.79 Å². The summed E-state index contributed by atoms with van der Waals surface area (Å²) in [5.41, 5.74) is 1.23. The van der Waals surface area contributed by atoms with Gasteiger partial charge in [0.05, 0.1) is 0 Å². The molecule has 0 aromatic carbocycles. The Labute approximate surface area is 67.2 Å². The van der Waals surface area contributed by atoms with Crippen molar-refractivity contribution < 1.29 is 9.90 Å². The third-order valence-electron chi connectivity index (χ3n) is 1.52. The molecule has 0 saturated heterocycles. The second-order valence-electron chi connectivity index (χ2n) is 2.42. The van der Waals surface area contributed by atoms with E-state index in [0.717, 1.165) is 12.0 Å². The van der Waals surface area contributed by atoms with Crippen LogP contribution in [0.25, 0.3) is 0 Å². The molecule has 0 rings (SSSR count). The molecule has 0 saturated carbocycles. The molecule has 11 heavy (non-hydrogen) atoms. The Bertz CT molecular complexity index is 200. The van der Waals surface area contributed by atoms with Crippen molar-refractivity contribution in [3.63, 3.8) is 0 Å². The standard InChI is InChI=1S/C9H14O2/c1-4-5-6-7(2)8(3)9(10)11/h5-6H,4H2,1-3H3,(H,10,11). The van der Waals surface area contributed by atoms with Gasteiger partial charge in [0.15, 0.2) is 0 Å². The van der Waals surface area contributed by atoms with Crippen LogP contribution in [0.2, 0.25) is 0 Å². The molecule has 2 heteroatoms. The predicted octanol–water partition coefficient (Wildman–Crippen LogP) is 2.37. The lowest BCUT2D eigenvalue weighted by molar-refractivity contribution is -0.132. The normalized spacial score (nSPS) is 13.4. The molecule has 0 aromatic rings. The molecule has 1 N–H and O–H groups in total. The summed E-state index contributed by atoms with van der Waals surface area (Å²) in [6.45, 7) is 5.42. The molecule has 0 amide bonds. The van der Waals surface area contributed by atoms with Gasteiger partial charge in [-0.2, -0.15) is 0 Å². The summed E-state index contributed by atoms with van der Waals surface area (Å²) in [7, 11) is 0. The van der Waals surface area contributed by atoms with E-state index in [1.165, 1.54) is 0 Å². The van der Waals surface area contributed by atoms with Crippen molar-refractivity contribution in [3.05, 3.63) is 23.3 Å². The molecule has 0 aliphatic heterocycles. The maximum absolute atomic E-state index is 10.4. The molecule has 0 fully saturated rings. The molecule has 0 aliphatic rings. The van der Waals surface area contributed by atoms with Crippen LogP contribution in [0.1, 0.15) is 27.2 Å². The molecular formula is C9H14O2. The first kappa shape index (κ1) is 9.95. The van der Waals surface area contributed by atoms with Crippen LogP contribution in [0.15, 0.2) is 23.3 Å². The largest absolute Gasteiger partial charge is 0.478 e. The number of allylic oxidation sites excluding steroid dienone is 3. The van der Waals surface area contributed by atoms with Crippen molar-refractivity contribution in [3.8, 4) is 0 Å². The van der Waals surface area contributed by atoms with Gasteiger partial charge in [0, 0.05) is 5.57 Å². The Kier molecular flexibility index (Phi) is 4.27. The Balaban J connectivity index is 4.40. The van der Waals surface area contributed by atoms with E-state index in [2.05, 4.69) is 0 Å². The van der Waals surface area contributed by atoms with Gasteiger partial charge in [0.2, 0.25) is 0 Å². The second kappa shape index (κ2) is 4.72. The van der Waals surface area contributed by atoms with Gasteiger partial charge in [0.25, 0.3) is 0 Å². The Hall–Kier alpha value is -1.05. The van der Waals surface area contributed by atoms with Crippen LogP contribution >= 0.6 is 0 Å². The first-order valence-corrected chi connectivity index (χ1v) is 3.67. The minimum Gasteiger partial charge on any atom is -0.478 e. The molecule has 0 radical (unpaired) electrons. The van der Waals surface area contributed by atoms with Crippen LogP contribution in [0.5, 0.6) is 0 Å². The maximum atomic E-state index is 10.4. The summed E-state index contributed by atoms with van der Waals surface area (Å²) in [6, 6.07) is 0. The molecule has 0 heterocycles. The van der Waals surface area contributed by atoms with Crippen LogP contribution in [0, 0.1) is 0 Å². The summed E-state index contributed by atoms with van der Waals surface area (Å²) in [5.74, 6) is -0.844. The molecule has 0 spiro atoms. The number of aliphatic carboxylic acids is 1. The number of carboxylic acids is 1. The van der Waals surface area contributed by atoms with Crippen LogP contribution in [0.3, 0.4) is 0 Å². The van der Waals surface area contributed by atoms with E-state index in [1.807, 2.05) is 19.1 Å². The van der Waals surface area contributed by atoms with Gasteiger partial charge in [-0.05, 0) is 25.8 Å². The first-order valence-electron chi connectivity index (χ1n) is 3.67. The van der Waals surface area contributed by atoms with Gasteiger partial charge in [-0.15, -0.1) is 0 Å². The molecule has 0 atom stereocenters. The van der Waals surface area contributed by atoms with E-state index in [1.54, 1.807) is 13.8 Å². The van der Waals surface area contributed by atoms with E-state index in [0.29, 0.717) is 5.57 Å². The van der Waals surface area contributed by atoms with Crippen LogP contribution in [0.4, 0.5) is 0 Å². The number of hydrogen-bond acceptors (Lipinski definition) is 1. The third kappa shape index (κ3) is 3.61. The topological polar surface area (TPSA) is 37.3 Å². The van der Waals surface area contributed by atoms with Gasteiger partial charge in [-0.25, -0.2) is 4.79 Å². The summed E-state index contributed by atoms with van der Waals surface area (Å²) in [4.78, 5) is 10.4. The Morgan fingerprint density at radius 1 is 1.45 bits per heavy atom. The number of carboxylic acid groups (broad SMARTS) is 1. The molecule has 0 bridgehead atoms. The smallest absolute Gasteiger partial charge is 0.331 e. The van der Waals surface area contributed by atoms with Gasteiger partial charge in [0.1, 0.15) is 0 Å². The van der Waals surface area contributed by atoms with E-state index in [4.69, 9.17) is 5.11 Å². The highest BCUT2D eigenvalue weighted by molar-refractivity contribution is 5.87. The number of hydrogen-bond donors (Lipinski definition) is 1. The second-order valence-corrected chi connectivity index (χ2v) is 2.42. The van der Waals surface area contributed by atoms with Gasteiger partial charge < -0.3 is 5.11 Å². The van der Waals surface area contributed by atoms with E-state index < -0.39 is 5.97 Å². The number of carbonyl (C=O) groups is 1. The zero-order valence-electron chi connectivity index (χ0n) is 7.22. The van der Waals surface area contributed by atoms with Gasteiger partial charge >= 0.3 is 5.97 Å². The van der Waals surface area contributed by atoms with Crippen molar-refractivity contribution in [2.75, 3.05) is 0 Å². The Morgan fingerprint density at radius 3 is 2.36 bits per heavy atom. The average molecular weight is 154 g/mol. The fraction of sp³-hybridized carbons (Fsp3) is 0.444. The van der Waals surface area contributed by atoms with Crippen LogP contribution < -0.4 is 0 Å². The average Bonchev–Trinajstić information content (AvgIpc) is 1.98. The SMILES string of the molecule is CCC=CC(C)=C(C)C(=O)O. The highest BCUT2D eigenvalue weighted by Gasteiger charge is 2.01. The lowest BCUT2D eigenvalue weighted by atomic mass is 10.1.